The highest BCUT2D eigenvalue weighted by Gasteiger charge is 2.28. The van der Waals surface area contributed by atoms with Gasteiger partial charge in [-0.2, -0.15) is 5.10 Å². The molecule has 0 amide bonds. The Bertz CT molecular complexity index is 384. The van der Waals surface area contributed by atoms with Crippen molar-refractivity contribution in [3.05, 3.63) is 17.5 Å². The van der Waals surface area contributed by atoms with Crippen LogP contribution in [0.4, 0.5) is 0 Å². The molecular formula is C17H33N3. The Morgan fingerprint density at radius 1 is 1.25 bits per heavy atom. The van der Waals surface area contributed by atoms with Gasteiger partial charge in [0.2, 0.25) is 0 Å². The van der Waals surface area contributed by atoms with Gasteiger partial charge in [-0.15, -0.1) is 0 Å². The molecule has 0 radical (unpaired) electrons. The second kappa shape index (κ2) is 8.46. The molecule has 1 aromatic rings. The molecule has 1 atom stereocenters. The maximum Gasteiger partial charge on any atom is 0.0624 e. The standard InChI is InChI=1S/C17H33N3/c1-6-10-11-17(8-3,14-18-5)13-16-12-15(7-2)19-20(16)9-4/h12,18H,6-11,13-14H2,1-5H3. The molecule has 1 N–H and O–H groups in total. The molecule has 1 aromatic heterocycles. The van der Waals surface area contributed by atoms with Crippen molar-refractivity contribution in [3.63, 3.8) is 0 Å². The molecule has 0 bridgehead atoms. The molecule has 0 saturated heterocycles. The molecule has 116 valence electrons. The highest BCUT2D eigenvalue weighted by Crippen LogP contribution is 2.32. The third-order valence-electron chi connectivity index (χ3n) is 4.49. The average molecular weight is 279 g/mol. The van der Waals surface area contributed by atoms with Crippen molar-refractivity contribution in [2.24, 2.45) is 5.41 Å². The van der Waals surface area contributed by atoms with Crippen LogP contribution in [-0.4, -0.2) is 23.4 Å². The van der Waals surface area contributed by atoms with Gasteiger partial charge < -0.3 is 5.32 Å². The molecule has 1 rings (SSSR count). The summed E-state index contributed by atoms with van der Waals surface area (Å²) in [5.74, 6) is 0. The van der Waals surface area contributed by atoms with Crippen LogP contribution in [0.3, 0.4) is 0 Å². The van der Waals surface area contributed by atoms with Crippen molar-refractivity contribution in [2.45, 2.75) is 72.8 Å². The van der Waals surface area contributed by atoms with Crippen molar-refractivity contribution >= 4 is 0 Å². The summed E-state index contributed by atoms with van der Waals surface area (Å²) in [5, 5.41) is 8.12. The first-order valence-electron chi connectivity index (χ1n) is 8.34. The predicted molar refractivity (Wildman–Crippen MR) is 87.2 cm³/mol. The second-order valence-electron chi connectivity index (χ2n) is 5.96. The lowest BCUT2D eigenvalue weighted by Crippen LogP contribution is -2.35. The fraction of sp³-hybridized carbons (Fsp3) is 0.824. The molecule has 0 fully saturated rings. The number of nitrogens with zero attached hydrogens (tertiary/aromatic N) is 2. The number of aromatic nitrogens is 2. The summed E-state index contributed by atoms with van der Waals surface area (Å²) in [7, 11) is 2.07. The summed E-state index contributed by atoms with van der Waals surface area (Å²) in [6, 6.07) is 2.31. The minimum absolute atomic E-state index is 0.378. The summed E-state index contributed by atoms with van der Waals surface area (Å²) in [4.78, 5) is 0. The lowest BCUT2D eigenvalue weighted by Gasteiger charge is -2.33. The maximum absolute atomic E-state index is 4.70. The third-order valence-corrected chi connectivity index (χ3v) is 4.49. The van der Waals surface area contributed by atoms with Crippen molar-refractivity contribution < 1.29 is 0 Å². The SMILES string of the molecule is CCCCC(CC)(CNC)Cc1cc(CC)nn1CC. The van der Waals surface area contributed by atoms with E-state index in [0.29, 0.717) is 5.41 Å². The zero-order valence-electron chi connectivity index (χ0n) is 14.1. The lowest BCUT2D eigenvalue weighted by atomic mass is 9.76. The molecule has 0 spiro atoms. The summed E-state index contributed by atoms with van der Waals surface area (Å²) in [5.41, 5.74) is 3.02. The van der Waals surface area contributed by atoms with Crippen molar-refractivity contribution in [1.29, 1.82) is 0 Å². The van der Waals surface area contributed by atoms with E-state index < -0.39 is 0 Å². The van der Waals surface area contributed by atoms with Gasteiger partial charge in [-0.05, 0) is 51.1 Å². The van der Waals surface area contributed by atoms with Gasteiger partial charge in [0.15, 0.2) is 0 Å². The number of unbranched alkanes of at least 4 members (excludes halogenated alkanes) is 1. The van der Waals surface area contributed by atoms with E-state index in [2.05, 4.69) is 50.8 Å². The number of hydrogen-bond acceptors (Lipinski definition) is 2. The Balaban J connectivity index is 2.95. The highest BCUT2D eigenvalue weighted by atomic mass is 15.3. The van der Waals surface area contributed by atoms with Gasteiger partial charge in [-0.1, -0.05) is 33.6 Å². The van der Waals surface area contributed by atoms with E-state index in [1.54, 1.807) is 0 Å². The van der Waals surface area contributed by atoms with E-state index in [-0.39, 0.29) is 0 Å². The summed E-state index contributed by atoms with van der Waals surface area (Å²) in [6.07, 6.45) is 7.29. The van der Waals surface area contributed by atoms with Crippen LogP contribution in [0.25, 0.3) is 0 Å². The number of aryl methyl sites for hydroxylation is 2. The van der Waals surface area contributed by atoms with Crippen LogP contribution in [0.1, 0.15) is 64.8 Å². The summed E-state index contributed by atoms with van der Waals surface area (Å²) in [6.45, 7) is 11.1. The Morgan fingerprint density at radius 2 is 2.00 bits per heavy atom. The fourth-order valence-corrected chi connectivity index (χ4v) is 3.08. The number of hydrogen-bond donors (Lipinski definition) is 1. The molecule has 0 saturated carbocycles. The van der Waals surface area contributed by atoms with Crippen molar-refractivity contribution in [2.75, 3.05) is 13.6 Å². The van der Waals surface area contributed by atoms with E-state index >= 15 is 0 Å². The van der Waals surface area contributed by atoms with Crippen LogP contribution in [0.2, 0.25) is 0 Å². The van der Waals surface area contributed by atoms with E-state index in [9.17, 15) is 0 Å². The Labute approximate surface area is 125 Å². The molecule has 3 heteroatoms. The van der Waals surface area contributed by atoms with E-state index in [4.69, 9.17) is 5.10 Å². The van der Waals surface area contributed by atoms with Crippen LogP contribution in [0, 0.1) is 5.41 Å². The van der Waals surface area contributed by atoms with Crippen LogP contribution in [0.15, 0.2) is 6.07 Å². The van der Waals surface area contributed by atoms with Gasteiger partial charge in [-0.25, -0.2) is 0 Å². The molecule has 0 aromatic carbocycles. The largest absolute Gasteiger partial charge is 0.319 e. The zero-order valence-corrected chi connectivity index (χ0v) is 14.1. The highest BCUT2D eigenvalue weighted by molar-refractivity contribution is 5.13. The third kappa shape index (κ3) is 4.34. The van der Waals surface area contributed by atoms with Crippen LogP contribution in [-0.2, 0) is 19.4 Å². The van der Waals surface area contributed by atoms with E-state index in [1.165, 1.54) is 37.1 Å². The van der Waals surface area contributed by atoms with Gasteiger partial charge in [-0.3, -0.25) is 4.68 Å². The summed E-state index contributed by atoms with van der Waals surface area (Å²) < 4.78 is 2.20. The smallest absolute Gasteiger partial charge is 0.0624 e. The molecule has 1 heterocycles. The molecular weight excluding hydrogens is 246 g/mol. The van der Waals surface area contributed by atoms with Crippen molar-refractivity contribution in [3.8, 4) is 0 Å². The van der Waals surface area contributed by atoms with Gasteiger partial charge in [0.1, 0.15) is 0 Å². The topological polar surface area (TPSA) is 29.9 Å². The predicted octanol–water partition coefficient (Wildman–Crippen LogP) is 3.81. The zero-order chi connectivity index (χ0) is 15.0. The normalized spacial score (nSPS) is 14.4. The second-order valence-corrected chi connectivity index (χ2v) is 5.96. The maximum atomic E-state index is 4.70. The van der Waals surface area contributed by atoms with Gasteiger partial charge in [0.05, 0.1) is 5.69 Å². The average Bonchev–Trinajstić information content (AvgIpc) is 2.87. The molecule has 3 nitrogen and oxygen atoms in total. The van der Waals surface area contributed by atoms with Crippen LogP contribution >= 0.6 is 0 Å². The Morgan fingerprint density at radius 3 is 2.50 bits per heavy atom. The number of rotatable bonds is 10. The molecule has 0 aliphatic heterocycles. The Kier molecular flexibility index (Phi) is 7.28. The minimum atomic E-state index is 0.378. The molecule has 0 aliphatic rings. The van der Waals surface area contributed by atoms with Crippen LogP contribution in [0.5, 0.6) is 0 Å². The van der Waals surface area contributed by atoms with E-state index in [1.807, 2.05) is 0 Å². The fourth-order valence-electron chi connectivity index (χ4n) is 3.08. The quantitative estimate of drug-likeness (QED) is 0.706. The molecule has 0 aliphatic carbocycles. The first-order valence-corrected chi connectivity index (χ1v) is 8.34. The van der Waals surface area contributed by atoms with Crippen molar-refractivity contribution in [1.82, 2.24) is 15.1 Å². The first-order chi connectivity index (χ1) is 9.64. The van der Waals surface area contributed by atoms with Gasteiger partial charge in [0.25, 0.3) is 0 Å². The Hall–Kier alpha value is -0.830. The first kappa shape index (κ1) is 17.2. The number of nitrogens with one attached hydrogen (secondary N) is 1. The summed E-state index contributed by atoms with van der Waals surface area (Å²) >= 11 is 0. The molecule has 1 unspecified atom stereocenters. The van der Waals surface area contributed by atoms with Gasteiger partial charge in [0, 0.05) is 18.8 Å². The van der Waals surface area contributed by atoms with Gasteiger partial charge >= 0.3 is 0 Å². The minimum Gasteiger partial charge on any atom is -0.319 e. The van der Waals surface area contributed by atoms with Crippen LogP contribution < -0.4 is 5.32 Å². The lowest BCUT2D eigenvalue weighted by molar-refractivity contribution is 0.229. The van der Waals surface area contributed by atoms with E-state index in [0.717, 1.165) is 25.9 Å². The molecule has 20 heavy (non-hydrogen) atoms. The monoisotopic (exact) mass is 279 g/mol.